The molecule has 25 heavy (non-hydrogen) atoms. The van der Waals surface area contributed by atoms with E-state index in [0.717, 1.165) is 32.3 Å². The molecule has 2 aromatic rings. The molecule has 0 aromatic carbocycles. The lowest BCUT2D eigenvalue weighted by Crippen LogP contribution is -2.36. The summed E-state index contributed by atoms with van der Waals surface area (Å²) in [6, 6.07) is 3.55. The fourth-order valence-electron chi connectivity index (χ4n) is 3.50. The number of nitrogens with two attached hydrogens (primary N) is 2. The number of aromatic nitrogens is 1. The van der Waals surface area contributed by atoms with E-state index in [2.05, 4.69) is 0 Å². The van der Waals surface area contributed by atoms with E-state index < -0.39 is 17.2 Å². The number of primary amides is 1. The first kappa shape index (κ1) is 16.6. The zero-order valence-electron chi connectivity index (χ0n) is 13.7. The number of hydrogen-bond donors (Lipinski definition) is 2. The summed E-state index contributed by atoms with van der Waals surface area (Å²) >= 11 is 2.98. The zero-order chi connectivity index (χ0) is 17.7. The number of carbonyl (C=O) groups is 2. The molecule has 4 heterocycles. The average Bonchev–Trinajstić information content (AvgIpc) is 3.21. The number of amides is 2. The summed E-state index contributed by atoms with van der Waals surface area (Å²) in [5.74, 6) is -0.368. The number of rotatable bonds is 2. The van der Waals surface area contributed by atoms with Crippen molar-refractivity contribution in [3.05, 3.63) is 34.3 Å². The Bertz CT molecular complexity index is 866. The number of thiophene rings is 1. The lowest BCUT2D eigenvalue weighted by atomic mass is 9.91. The van der Waals surface area contributed by atoms with E-state index >= 15 is 0 Å². The van der Waals surface area contributed by atoms with E-state index in [9.17, 15) is 9.59 Å². The van der Waals surface area contributed by atoms with E-state index in [1.54, 1.807) is 18.3 Å². The minimum absolute atomic E-state index is 0.0527. The molecule has 130 valence electrons. The number of hydrogen-bond acceptors (Lipinski definition) is 6. The zero-order valence-corrected chi connectivity index (χ0v) is 15.3. The van der Waals surface area contributed by atoms with Crippen LogP contribution in [0.3, 0.4) is 0 Å². The maximum absolute atomic E-state index is 11.9. The normalized spacial score (nSPS) is 21.8. The van der Waals surface area contributed by atoms with E-state index in [4.69, 9.17) is 16.5 Å². The van der Waals surface area contributed by atoms with Crippen LogP contribution >= 0.6 is 23.1 Å². The Kier molecular flexibility index (Phi) is 4.05. The van der Waals surface area contributed by atoms with Crippen LogP contribution in [-0.2, 0) is 22.6 Å². The van der Waals surface area contributed by atoms with E-state index in [1.807, 2.05) is 22.4 Å². The van der Waals surface area contributed by atoms with Crippen molar-refractivity contribution in [3.8, 4) is 10.4 Å². The summed E-state index contributed by atoms with van der Waals surface area (Å²) in [5.41, 5.74) is 15.9. The Balaban J connectivity index is 1.92. The van der Waals surface area contributed by atoms with E-state index in [0.29, 0.717) is 19.5 Å². The quantitative estimate of drug-likeness (QED) is 0.832. The van der Waals surface area contributed by atoms with Gasteiger partial charge in [0.05, 0.1) is 6.04 Å². The van der Waals surface area contributed by atoms with Gasteiger partial charge in [-0.3, -0.25) is 9.59 Å². The predicted molar refractivity (Wildman–Crippen MR) is 98.1 cm³/mol. The van der Waals surface area contributed by atoms with Crippen LogP contribution in [0.25, 0.3) is 10.4 Å². The minimum atomic E-state index is -0.506. The molecule has 6 nitrogen and oxygen atoms in total. The van der Waals surface area contributed by atoms with Gasteiger partial charge in [0.15, 0.2) is 0 Å². The molecule has 4 rings (SSSR count). The molecule has 0 spiro atoms. The third-order valence-corrected chi connectivity index (χ3v) is 6.95. The molecule has 4 N–H and O–H groups in total. The Morgan fingerprint density at radius 2 is 2.20 bits per heavy atom. The largest absolute Gasteiger partial charge is 0.369 e. The Labute approximate surface area is 153 Å². The Morgan fingerprint density at radius 3 is 2.84 bits per heavy atom. The van der Waals surface area contributed by atoms with Crippen LogP contribution in [0.1, 0.15) is 29.8 Å². The maximum atomic E-state index is 11.9. The summed E-state index contributed by atoms with van der Waals surface area (Å²) in [4.78, 5) is 31.3. The second-order valence-electron chi connectivity index (χ2n) is 6.27. The molecule has 0 radical (unpaired) electrons. The summed E-state index contributed by atoms with van der Waals surface area (Å²) in [5, 5.41) is 2.31. The SMILES string of the molecule is CC(=O)N1CCc2nc3c(c(-c4cccs4)c2C1)C(N)C(C(N)=O)S3. The molecule has 2 amide bonds. The van der Waals surface area contributed by atoms with Crippen molar-refractivity contribution in [3.63, 3.8) is 0 Å². The van der Waals surface area contributed by atoms with Gasteiger partial charge in [0.1, 0.15) is 10.3 Å². The maximum Gasteiger partial charge on any atom is 0.232 e. The van der Waals surface area contributed by atoms with Gasteiger partial charge in [-0.05, 0) is 11.4 Å². The van der Waals surface area contributed by atoms with Crippen molar-refractivity contribution in [1.82, 2.24) is 9.88 Å². The van der Waals surface area contributed by atoms with Crippen molar-refractivity contribution < 1.29 is 9.59 Å². The molecule has 2 aliphatic heterocycles. The van der Waals surface area contributed by atoms with Crippen LogP contribution in [0.5, 0.6) is 0 Å². The molecule has 0 aliphatic carbocycles. The number of carbonyl (C=O) groups excluding carboxylic acids is 2. The monoisotopic (exact) mass is 374 g/mol. The molecular formula is C17H18N4O2S2. The first-order chi connectivity index (χ1) is 12.0. The van der Waals surface area contributed by atoms with Crippen LogP contribution in [-0.4, -0.2) is 33.5 Å². The molecular weight excluding hydrogens is 356 g/mol. The standard InChI is InChI=1S/C17H18N4O2S2/c1-8(22)21-5-4-10-9(7-21)12(11-3-2-6-24-11)13-14(18)15(16(19)23)25-17(13)20-10/h2-3,6,14-15H,4-5,7,18H2,1H3,(H2,19,23). The first-order valence-electron chi connectivity index (χ1n) is 8.04. The topological polar surface area (TPSA) is 102 Å². The van der Waals surface area contributed by atoms with Crippen LogP contribution in [0.15, 0.2) is 22.5 Å². The van der Waals surface area contributed by atoms with Crippen molar-refractivity contribution >= 4 is 34.9 Å². The van der Waals surface area contributed by atoms with Gasteiger partial charge >= 0.3 is 0 Å². The molecule has 0 saturated carbocycles. The molecule has 0 fully saturated rings. The summed E-state index contributed by atoms with van der Waals surface area (Å²) in [6.45, 7) is 2.77. The number of thioether (sulfide) groups is 1. The van der Waals surface area contributed by atoms with Gasteiger partial charge in [-0.2, -0.15) is 0 Å². The van der Waals surface area contributed by atoms with Gasteiger partial charge in [0, 0.05) is 53.7 Å². The van der Waals surface area contributed by atoms with Crippen molar-refractivity contribution in [2.45, 2.75) is 36.2 Å². The summed E-state index contributed by atoms with van der Waals surface area (Å²) in [6.07, 6.45) is 0.706. The lowest BCUT2D eigenvalue weighted by Gasteiger charge is -2.30. The first-order valence-corrected chi connectivity index (χ1v) is 9.80. The molecule has 0 saturated heterocycles. The van der Waals surface area contributed by atoms with Crippen molar-refractivity contribution in [2.24, 2.45) is 11.5 Å². The minimum Gasteiger partial charge on any atom is -0.369 e. The predicted octanol–water partition coefficient (Wildman–Crippen LogP) is 1.67. The van der Waals surface area contributed by atoms with Crippen molar-refractivity contribution in [1.29, 1.82) is 0 Å². The Hall–Kier alpha value is -1.90. The lowest BCUT2D eigenvalue weighted by molar-refractivity contribution is -0.129. The molecule has 2 aromatic heterocycles. The number of fused-ring (bicyclic) bond motifs is 2. The fraction of sp³-hybridized carbons (Fsp3) is 0.353. The molecule has 2 unspecified atom stereocenters. The van der Waals surface area contributed by atoms with Gasteiger partial charge in [0.2, 0.25) is 11.8 Å². The van der Waals surface area contributed by atoms with E-state index in [-0.39, 0.29) is 5.91 Å². The smallest absolute Gasteiger partial charge is 0.232 e. The highest BCUT2D eigenvalue weighted by Gasteiger charge is 2.40. The highest BCUT2D eigenvalue weighted by Crippen LogP contribution is 2.49. The van der Waals surface area contributed by atoms with Gasteiger partial charge in [-0.25, -0.2) is 4.98 Å². The average molecular weight is 374 g/mol. The summed E-state index contributed by atoms with van der Waals surface area (Å²) < 4.78 is 0. The van der Waals surface area contributed by atoms with Crippen LogP contribution in [0.2, 0.25) is 0 Å². The van der Waals surface area contributed by atoms with Gasteiger partial charge in [0.25, 0.3) is 0 Å². The Morgan fingerprint density at radius 1 is 1.40 bits per heavy atom. The highest BCUT2D eigenvalue weighted by molar-refractivity contribution is 8.01. The molecule has 2 atom stereocenters. The summed E-state index contributed by atoms with van der Waals surface area (Å²) in [7, 11) is 0. The molecule has 2 aliphatic rings. The van der Waals surface area contributed by atoms with Gasteiger partial charge < -0.3 is 16.4 Å². The molecule has 8 heteroatoms. The highest BCUT2D eigenvalue weighted by atomic mass is 32.2. The number of pyridine rings is 1. The van der Waals surface area contributed by atoms with E-state index in [1.165, 1.54) is 11.8 Å². The van der Waals surface area contributed by atoms with Crippen LogP contribution in [0, 0.1) is 0 Å². The van der Waals surface area contributed by atoms with Gasteiger partial charge in [-0.1, -0.05) is 17.8 Å². The van der Waals surface area contributed by atoms with Crippen LogP contribution in [0.4, 0.5) is 0 Å². The third kappa shape index (κ3) is 2.65. The number of nitrogens with zero attached hydrogens (tertiary/aromatic N) is 2. The fourth-order valence-corrected chi connectivity index (χ4v) is 5.48. The third-order valence-electron chi connectivity index (χ3n) is 4.75. The second kappa shape index (κ2) is 6.12. The second-order valence-corrected chi connectivity index (χ2v) is 8.34. The molecule has 0 bridgehead atoms. The van der Waals surface area contributed by atoms with Crippen molar-refractivity contribution in [2.75, 3.05) is 6.54 Å². The van der Waals surface area contributed by atoms with Crippen LogP contribution < -0.4 is 11.5 Å². The van der Waals surface area contributed by atoms with Gasteiger partial charge in [-0.15, -0.1) is 11.3 Å².